The molecule has 1 aromatic carbocycles. The third kappa shape index (κ3) is 5.59. The van der Waals surface area contributed by atoms with Crippen molar-refractivity contribution in [1.29, 1.82) is 0 Å². The molecule has 0 radical (unpaired) electrons. The molecule has 20 heavy (non-hydrogen) atoms. The first-order valence-corrected chi connectivity index (χ1v) is 7.00. The molecule has 0 spiro atoms. The molecule has 112 valence electrons. The number of nitrogens with zero attached hydrogens (tertiary/aromatic N) is 3. The molecule has 0 unspecified atom stereocenters. The maximum absolute atomic E-state index is 8.72. The van der Waals surface area contributed by atoms with Crippen molar-refractivity contribution in [3.63, 3.8) is 0 Å². The van der Waals surface area contributed by atoms with Gasteiger partial charge in [-0.3, -0.25) is 4.90 Å². The highest BCUT2D eigenvalue weighted by Crippen LogP contribution is 2.09. The molecule has 0 fully saturated rings. The zero-order valence-electron chi connectivity index (χ0n) is 12.7. The molecule has 0 heterocycles. The van der Waals surface area contributed by atoms with E-state index in [1.165, 1.54) is 5.56 Å². The Labute approximate surface area is 121 Å². The Morgan fingerprint density at radius 2 is 2.05 bits per heavy atom. The van der Waals surface area contributed by atoms with Gasteiger partial charge < -0.3 is 15.8 Å². The van der Waals surface area contributed by atoms with Gasteiger partial charge in [-0.15, -0.1) is 0 Å². The van der Waals surface area contributed by atoms with Gasteiger partial charge in [0.25, 0.3) is 0 Å². The highest BCUT2D eigenvalue weighted by Gasteiger charge is 2.06. The third-order valence-electron chi connectivity index (χ3n) is 3.26. The summed E-state index contributed by atoms with van der Waals surface area (Å²) < 4.78 is 0. The fourth-order valence-electron chi connectivity index (χ4n) is 2.10. The van der Waals surface area contributed by atoms with Crippen LogP contribution in [0.4, 0.5) is 0 Å². The Hall–Kier alpha value is -1.59. The summed E-state index contributed by atoms with van der Waals surface area (Å²) in [7, 11) is 4.19. The van der Waals surface area contributed by atoms with Gasteiger partial charge in [-0.25, -0.2) is 0 Å². The lowest BCUT2D eigenvalue weighted by Crippen LogP contribution is -2.27. The Bertz CT molecular complexity index is 432. The lowest BCUT2D eigenvalue weighted by Gasteiger charge is -2.21. The van der Waals surface area contributed by atoms with Gasteiger partial charge >= 0.3 is 0 Å². The molecule has 0 aliphatic rings. The molecule has 0 bridgehead atoms. The van der Waals surface area contributed by atoms with Crippen molar-refractivity contribution in [3.05, 3.63) is 35.4 Å². The number of nitrogens with two attached hydrogens (primary N) is 1. The Balaban J connectivity index is 2.61. The van der Waals surface area contributed by atoms with Crippen molar-refractivity contribution >= 4 is 5.84 Å². The largest absolute Gasteiger partial charge is 0.409 e. The molecular weight excluding hydrogens is 252 g/mol. The van der Waals surface area contributed by atoms with E-state index in [-0.39, 0.29) is 5.84 Å². The van der Waals surface area contributed by atoms with E-state index < -0.39 is 0 Å². The van der Waals surface area contributed by atoms with E-state index >= 15 is 0 Å². The summed E-state index contributed by atoms with van der Waals surface area (Å²) in [5.74, 6) is 0.155. The van der Waals surface area contributed by atoms with Gasteiger partial charge in [0.1, 0.15) is 0 Å². The standard InChI is InChI=1S/C15H26N4O/c1-4-19(10-6-9-18(2)3)12-13-7-5-8-14(11-13)15(16)17-20/h5,7-8,11,20H,4,6,9-10,12H2,1-3H3,(H2,16,17). The highest BCUT2D eigenvalue weighted by atomic mass is 16.4. The zero-order valence-corrected chi connectivity index (χ0v) is 12.7. The maximum Gasteiger partial charge on any atom is 0.170 e. The van der Waals surface area contributed by atoms with Crippen molar-refractivity contribution in [2.24, 2.45) is 10.9 Å². The van der Waals surface area contributed by atoms with E-state index in [0.717, 1.165) is 38.2 Å². The number of rotatable bonds is 8. The third-order valence-corrected chi connectivity index (χ3v) is 3.26. The number of oxime groups is 1. The maximum atomic E-state index is 8.72. The van der Waals surface area contributed by atoms with Gasteiger partial charge in [0.2, 0.25) is 0 Å². The van der Waals surface area contributed by atoms with Gasteiger partial charge in [-0.2, -0.15) is 0 Å². The second-order valence-corrected chi connectivity index (χ2v) is 5.21. The SMILES string of the molecule is CCN(CCCN(C)C)Cc1cccc(/C(N)=N/O)c1. The minimum absolute atomic E-state index is 0.155. The molecule has 0 amide bonds. The van der Waals surface area contributed by atoms with Crippen molar-refractivity contribution in [3.8, 4) is 0 Å². The van der Waals surface area contributed by atoms with Crippen LogP contribution in [-0.2, 0) is 6.54 Å². The second kappa shape index (κ2) is 8.55. The summed E-state index contributed by atoms with van der Waals surface area (Å²) in [5, 5.41) is 11.8. The monoisotopic (exact) mass is 278 g/mol. The molecule has 0 aromatic heterocycles. The van der Waals surface area contributed by atoms with Crippen LogP contribution >= 0.6 is 0 Å². The number of hydrogen-bond donors (Lipinski definition) is 2. The Morgan fingerprint density at radius 3 is 2.65 bits per heavy atom. The van der Waals surface area contributed by atoms with Gasteiger partial charge in [0.05, 0.1) is 0 Å². The van der Waals surface area contributed by atoms with Crippen LogP contribution in [0.2, 0.25) is 0 Å². The molecule has 0 saturated heterocycles. The summed E-state index contributed by atoms with van der Waals surface area (Å²) in [6.07, 6.45) is 1.15. The fourth-order valence-corrected chi connectivity index (χ4v) is 2.10. The summed E-state index contributed by atoms with van der Waals surface area (Å²) in [4.78, 5) is 4.60. The van der Waals surface area contributed by atoms with Crippen LogP contribution in [0.25, 0.3) is 0 Å². The summed E-state index contributed by atoms with van der Waals surface area (Å²) in [6.45, 7) is 6.24. The zero-order chi connectivity index (χ0) is 15.0. The minimum Gasteiger partial charge on any atom is -0.409 e. The first kappa shape index (κ1) is 16.5. The lowest BCUT2D eigenvalue weighted by atomic mass is 10.1. The molecule has 3 N–H and O–H groups in total. The van der Waals surface area contributed by atoms with Crippen LogP contribution < -0.4 is 5.73 Å². The summed E-state index contributed by atoms with van der Waals surface area (Å²) in [5.41, 5.74) is 7.56. The topological polar surface area (TPSA) is 65.1 Å². The van der Waals surface area contributed by atoms with E-state index in [4.69, 9.17) is 10.9 Å². The first-order chi connectivity index (χ1) is 9.56. The van der Waals surface area contributed by atoms with E-state index in [0.29, 0.717) is 0 Å². The fraction of sp³-hybridized carbons (Fsp3) is 0.533. The summed E-state index contributed by atoms with van der Waals surface area (Å²) >= 11 is 0. The Morgan fingerprint density at radius 1 is 1.30 bits per heavy atom. The van der Waals surface area contributed by atoms with E-state index in [1.807, 2.05) is 18.2 Å². The molecule has 5 nitrogen and oxygen atoms in total. The van der Waals surface area contributed by atoms with E-state index in [9.17, 15) is 0 Å². The van der Waals surface area contributed by atoms with Crippen molar-refractivity contribution in [2.75, 3.05) is 33.7 Å². The highest BCUT2D eigenvalue weighted by molar-refractivity contribution is 5.97. The molecule has 0 saturated carbocycles. The van der Waals surface area contributed by atoms with Crippen LogP contribution in [-0.4, -0.2) is 54.6 Å². The number of hydrogen-bond acceptors (Lipinski definition) is 4. The average molecular weight is 278 g/mol. The van der Waals surface area contributed by atoms with Crippen LogP contribution in [0, 0.1) is 0 Å². The van der Waals surface area contributed by atoms with Gasteiger partial charge in [-0.05, 0) is 51.8 Å². The molecule has 5 heteroatoms. The van der Waals surface area contributed by atoms with Crippen LogP contribution in [0.15, 0.2) is 29.4 Å². The van der Waals surface area contributed by atoms with Crippen molar-refractivity contribution < 1.29 is 5.21 Å². The van der Waals surface area contributed by atoms with Crippen LogP contribution in [0.1, 0.15) is 24.5 Å². The number of amidine groups is 1. The number of benzene rings is 1. The molecule has 0 aliphatic carbocycles. The normalized spacial score (nSPS) is 12.3. The second-order valence-electron chi connectivity index (χ2n) is 5.21. The van der Waals surface area contributed by atoms with Gasteiger partial charge in [-0.1, -0.05) is 30.3 Å². The average Bonchev–Trinajstić information content (AvgIpc) is 2.45. The van der Waals surface area contributed by atoms with E-state index in [1.54, 1.807) is 0 Å². The van der Waals surface area contributed by atoms with Crippen LogP contribution in [0.5, 0.6) is 0 Å². The first-order valence-electron chi connectivity index (χ1n) is 7.00. The molecule has 1 rings (SSSR count). The molecule has 0 aliphatic heterocycles. The van der Waals surface area contributed by atoms with Crippen molar-refractivity contribution in [2.45, 2.75) is 19.9 Å². The van der Waals surface area contributed by atoms with Crippen molar-refractivity contribution in [1.82, 2.24) is 9.80 Å². The van der Waals surface area contributed by atoms with Crippen LogP contribution in [0.3, 0.4) is 0 Å². The molecule has 0 atom stereocenters. The summed E-state index contributed by atoms with van der Waals surface area (Å²) in [6, 6.07) is 7.84. The van der Waals surface area contributed by atoms with E-state index in [2.05, 4.69) is 42.0 Å². The van der Waals surface area contributed by atoms with Gasteiger partial charge in [0.15, 0.2) is 5.84 Å². The molecular formula is C15H26N4O. The lowest BCUT2D eigenvalue weighted by molar-refractivity contribution is 0.259. The quantitative estimate of drug-likeness (QED) is 0.328. The smallest absolute Gasteiger partial charge is 0.170 e. The predicted octanol–water partition coefficient (Wildman–Crippen LogP) is 1.55. The molecule has 1 aromatic rings. The minimum atomic E-state index is 0.155. The Kier molecular flexibility index (Phi) is 7.04. The van der Waals surface area contributed by atoms with Gasteiger partial charge in [0, 0.05) is 12.1 Å². The predicted molar refractivity (Wildman–Crippen MR) is 83.1 cm³/mol.